The van der Waals surface area contributed by atoms with Gasteiger partial charge in [-0.3, -0.25) is 14.4 Å². The molecule has 0 spiro atoms. The molecule has 0 aliphatic carbocycles. The van der Waals surface area contributed by atoms with Crippen LogP contribution in [0.5, 0.6) is 0 Å². The van der Waals surface area contributed by atoms with Gasteiger partial charge in [-0.25, -0.2) is 0 Å². The molecule has 0 rings (SSSR count). The summed E-state index contributed by atoms with van der Waals surface area (Å²) in [5.74, 6) is 3.43. The minimum absolute atomic E-state index is 0.0392. The van der Waals surface area contributed by atoms with Gasteiger partial charge in [0.05, 0.1) is 6.42 Å². The van der Waals surface area contributed by atoms with E-state index in [4.69, 9.17) is 14.2 Å². The fourth-order valence-corrected chi connectivity index (χ4v) is 8.91. The van der Waals surface area contributed by atoms with E-state index in [1.807, 2.05) is 0 Å². The maximum absolute atomic E-state index is 13.3. The zero-order chi connectivity index (χ0) is 43.6. The van der Waals surface area contributed by atoms with Gasteiger partial charge in [0.15, 0.2) is 0 Å². The van der Waals surface area contributed by atoms with E-state index < -0.39 is 0 Å². The maximum Gasteiger partial charge on any atom is 0.306 e. The number of unbranched alkanes of at least 4 members (excludes halogenated alkanes) is 8. The molecule has 0 bridgehead atoms. The molecule has 7 heteroatoms. The molecular formula is C50H97NO6. The zero-order valence-electron chi connectivity index (χ0n) is 40.5. The Morgan fingerprint density at radius 3 is 1.25 bits per heavy atom. The van der Waals surface area contributed by atoms with E-state index in [0.717, 1.165) is 116 Å². The van der Waals surface area contributed by atoms with Crippen LogP contribution in [0, 0.1) is 46.8 Å². The molecular weight excluding hydrogens is 711 g/mol. The number of carbonyl (C=O) groups is 3. The SMILES string of the molecule is CC(C)CCC(C(C)C)C(C)OC(=O)CCCCCCCC(CCCCCCCC(=O)OC(C)C(CCC(C)C)C(C)C)OC(=O)CC(C)(C)CC(C)CN(C)C. The first-order valence-electron chi connectivity index (χ1n) is 23.9. The predicted molar refractivity (Wildman–Crippen MR) is 241 cm³/mol. The molecule has 7 nitrogen and oxygen atoms in total. The van der Waals surface area contributed by atoms with Crippen LogP contribution >= 0.6 is 0 Å². The number of esters is 3. The van der Waals surface area contributed by atoms with Crippen molar-refractivity contribution in [3.8, 4) is 0 Å². The van der Waals surface area contributed by atoms with Crippen molar-refractivity contribution in [2.24, 2.45) is 46.8 Å². The molecule has 0 radical (unpaired) electrons. The topological polar surface area (TPSA) is 82.1 Å². The summed E-state index contributed by atoms with van der Waals surface area (Å²) in [4.78, 5) is 40.8. The van der Waals surface area contributed by atoms with Gasteiger partial charge in [0, 0.05) is 19.4 Å². The van der Waals surface area contributed by atoms with E-state index in [2.05, 4.69) is 109 Å². The fraction of sp³-hybridized carbons (Fsp3) is 0.940. The maximum atomic E-state index is 13.3. The van der Waals surface area contributed by atoms with E-state index in [1.54, 1.807) is 0 Å². The lowest BCUT2D eigenvalue weighted by molar-refractivity contribution is -0.153. The summed E-state index contributed by atoms with van der Waals surface area (Å²) in [7, 11) is 4.20. The molecule has 5 unspecified atom stereocenters. The van der Waals surface area contributed by atoms with E-state index in [0.29, 0.717) is 60.7 Å². The Morgan fingerprint density at radius 2 is 0.877 bits per heavy atom. The molecule has 0 fully saturated rings. The Kier molecular flexibility index (Phi) is 30.4. The molecule has 0 aromatic heterocycles. The van der Waals surface area contributed by atoms with Crippen LogP contribution in [-0.4, -0.2) is 61.8 Å². The van der Waals surface area contributed by atoms with E-state index in [1.165, 1.54) is 0 Å². The number of ether oxygens (including phenoxy) is 3. The normalized spacial score (nSPS) is 15.6. The third kappa shape index (κ3) is 30.1. The van der Waals surface area contributed by atoms with Gasteiger partial charge in [0.2, 0.25) is 0 Å². The largest absolute Gasteiger partial charge is 0.462 e. The van der Waals surface area contributed by atoms with Gasteiger partial charge in [-0.05, 0) is 133 Å². The lowest BCUT2D eigenvalue weighted by Gasteiger charge is -2.29. The number of nitrogens with zero attached hydrogens (tertiary/aromatic N) is 1. The van der Waals surface area contributed by atoms with E-state index >= 15 is 0 Å². The average molecular weight is 808 g/mol. The van der Waals surface area contributed by atoms with Crippen LogP contribution in [0.4, 0.5) is 0 Å². The van der Waals surface area contributed by atoms with Gasteiger partial charge in [-0.1, -0.05) is 128 Å². The summed E-state index contributed by atoms with van der Waals surface area (Å²) in [6, 6.07) is 0. The lowest BCUT2D eigenvalue weighted by Crippen LogP contribution is -2.28. The molecule has 5 atom stereocenters. The summed E-state index contributed by atoms with van der Waals surface area (Å²) in [6.45, 7) is 29.7. The highest BCUT2D eigenvalue weighted by atomic mass is 16.6. The fourth-order valence-electron chi connectivity index (χ4n) is 8.91. The molecule has 0 aromatic carbocycles. The van der Waals surface area contributed by atoms with E-state index in [9.17, 15) is 14.4 Å². The zero-order valence-corrected chi connectivity index (χ0v) is 40.5. The molecule has 0 N–H and O–H groups in total. The second-order valence-electron chi connectivity index (χ2n) is 20.8. The van der Waals surface area contributed by atoms with E-state index in [-0.39, 0.29) is 41.6 Å². The average Bonchev–Trinajstić information content (AvgIpc) is 3.05. The molecule has 57 heavy (non-hydrogen) atoms. The molecule has 0 saturated carbocycles. The van der Waals surface area contributed by atoms with Crippen molar-refractivity contribution < 1.29 is 28.6 Å². The molecule has 0 saturated heterocycles. The smallest absolute Gasteiger partial charge is 0.306 e. The standard InChI is InChI=1S/C50H97NO6/c1-37(2)30-32-45(39(5)6)42(10)55-47(52)28-24-20-16-18-22-26-44(57-49(54)35-50(12,13)34-41(9)36-51(14)15)27-23-19-17-21-25-29-48(53)56-43(11)46(40(7)8)33-31-38(3)4/h37-46H,16-36H2,1-15H3. The van der Waals surface area contributed by atoms with Gasteiger partial charge >= 0.3 is 17.9 Å². The van der Waals surface area contributed by atoms with Gasteiger partial charge in [-0.15, -0.1) is 0 Å². The third-order valence-electron chi connectivity index (χ3n) is 12.0. The Balaban J connectivity index is 4.85. The van der Waals surface area contributed by atoms with Crippen molar-refractivity contribution >= 4 is 17.9 Å². The summed E-state index contributed by atoms with van der Waals surface area (Å²) < 4.78 is 18.0. The molecule has 0 heterocycles. The summed E-state index contributed by atoms with van der Waals surface area (Å²) >= 11 is 0. The highest BCUT2D eigenvalue weighted by Gasteiger charge is 2.28. The summed E-state index contributed by atoms with van der Waals surface area (Å²) in [5, 5.41) is 0. The summed E-state index contributed by atoms with van der Waals surface area (Å²) in [5.41, 5.74) is -0.109. The molecule has 0 aromatic rings. The van der Waals surface area contributed by atoms with Gasteiger partial charge in [0.1, 0.15) is 18.3 Å². The van der Waals surface area contributed by atoms with Crippen LogP contribution in [0.15, 0.2) is 0 Å². The third-order valence-corrected chi connectivity index (χ3v) is 12.0. The molecule has 0 aliphatic rings. The van der Waals surface area contributed by atoms with Crippen LogP contribution in [-0.2, 0) is 28.6 Å². The van der Waals surface area contributed by atoms with Crippen LogP contribution in [0.25, 0.3) is 0 Å². The van der Waals surface area contributed by atoms with Crippen LogP contribution in [0.1, 0.15) is 218 Å². The quantitative estimate of drug-likeness (QED) is 0.0358. The Hall–Kier alpha value is -1.63. The minimum atomic E-state index is -0.109. The van der Waals surface area contributed by atoms with Crippen molar-refractivity contribution in [2.75, 3.05) is 20.6 Å². The van der Waals surface area contributed by atoms with Crippen molar-refractivity contribution in [2.45, 2.75) is 237 Å². The van der Waals surface area contributed by atoms with Crippen molar-refractivity contribution in [1.29, 1.82) is 0 Å². The van der Waals surface area contributed by atoms with Crippen molar-refractivity contribution in [3.63, 3.8) is 0 Å². The molecule has 338 valence electrons. The van der Waals surface area contributed by atoms with Gasteiger partial charge in [0.25, 0.3) is 0 Å². The first kappa shape index (κ1) is 55.4. The number of rotatable bonds is 35. The Bertz CT molecular complexity index is 978. The number of hydrogen-bond acceptors (Lipinski definition) is 7. The first-order chi connectivity index (χ1) is 26.6. The Morgan fingerprint density at radius 1 is 0.491 bits per heavy atom. The van der Waals surface area contributed by atoms with Crippen molar-refractivity contribution in [3.05, 3.63) is 0 Å². The van der Waals surface area contributed by atoms with Crippen LogP contribution < -0.4 is 0 Å². The monoisotopic (exact) mass is 808 g/mol. The van der Waals surface area contributed by atoms with Crippen LogP contribution in [0.3, 0.4) is 0 Å². The first-order valence-corrected chi connectivity index (χ1v) is 23.9. The second kappa shape index (κ2) is 31.3. The van der Waals surface area contributed by atoms with Gasteiger partial charge < -0.3 is 19.1 Å². The predicted octanol–water partition coefficient (Wildman–Crippen LogP) is 13.6. The van der Waals surface area contributed by atoms with Crippen molar-refractivity contribution in [1.82, 2.24) is 4.90 Å². The Labute approximate surface area is 354 Å². The highest BCUT2D eigenvalue weighted by molar-refractivity contribution is 5.70. The van der Waals surface area contributed by atoms with Crippen LogP contribution in [0.2, 0.25) is 0 Å². The molecule has 0 amide bonds. The number of hydrogen-bond donors (Lipinski definition) is 0. The minimum Gasteiger partial charge on any atom is -0.462 e. The lowest BCUT2D eigenvalue weighted by atomic mass is 9.80. The second-order valence-corrected chi connectivity index (χ2v) is 20.8. The molecule has 0 aliphatic heterocycles. The highest BCUT2D eigenvalue weighted by Crippen LogP contribution is 2.31. The number of carbonyl (C=O) groups excluding carboxylic acids is 3. The summed E-state index contributed by atoms with van der Waals surface area (Å²) in [6.07, 6.45) is 18.6. The van der Waals surface area contributed by atoms with Gasteiger partial charge in [-0.2, -0.15) is 0 Å².